The zero-order chi connectivity index (χ0) is 18.4. The minimum absolute atomic E-state index is 0.00188. The number of carbonyl (C=O) groups is 1. The number of methoxy groups -OCH3 is 2. The van der Waals surface area contributed by atoms with Crippen LogP contribution in [0.5, 0.6) is 5.75 Å². The van der Waals surface area contributed by atoms with Gasteiger partial charge in [-0.05, 0) is 18.2 Å². The molecule has 0 unspecified atom stereocenters. The summed E-state index contributed by atoms with van der Waals surface area (Å²) in [6.07, 6.45) is -5.16. The molecule has 0 aromatic heterocycles. The van der Waals surface area contributed by atoms with E-state index in [9.17, 15) is 18.0 Å². The number of amides is 1. The second-order valence-corrected chi connectivity index (χ2v) is 5.22. The van der Waals surface area contributed by atoms with Gasteiger partial charge in [0, 0.05) is 19.2 Å². The highest BCUT2D eigenvalue weighted by Gasteiger charge is 2.34. The van der Waals surface area contributed by atoms with Crippen LogP contribution in [-0.4, -0.2) is 26.7 Å². The summed E-state index contributed by atoms with van der Waals surface area (Å²) >= 11 is 0. The molecule has 7 heteroatoms. The van der Waals surface area contributed by atoms with Crippen LogP contribution in [0.3, 0.4) is 0 Å². The Morgan fingerprint density at radius 1 is 1.08 bits per heavy atom. The number of ether oxygens (including phenoxy) is 2. The lowest BCUT2D eigenvalue weighted by Crippen LogP contribution is -2.31. The first kappa shape index (κ1) is 18.8. The summed E-state index contributed by atoms with van der Waals surface area (Å²) in [5, 5.41) is 2.49. The Morgan fingerprint density at radius 3 is 2.36 bits per heavy atom. The van der Waals surface area contributed by atoms with Gasteiger partial charge in [0.1, 0.15) is 11.9 Å². The van der Waals surface area contributed by atoms with Crippen molar-refractivity contribution in [1.82, 2.24) is 5.32 Å². The molecule has 1 amide bonds. The summed E-state index contributed by atoms with van der Waals surface area (Å²) < 4.78 is 49.6. The highest BCUT2D eigenvalue weighted by atomic mass is 19.4. The smallest absolute Gasteiger partial charge is 0.417 e. The number of carbonyl (C=O) groups excluding carboxylic acids is 1. The van der Waals surface area contributed by atoms with E-state index in [-0.39, 0.29) is 6.54 Å². The van der Waals surface area contributed by atoms with E-state index in [0.29, 0.717) is 11.3 Å². The van der Waals surface area contributed by atoms with Crippen molar-refractivity contribution in [3.8, 4) is 5.75 Å². The van der Waals surface area contributed by atoms with Gasteiger partial charge in [0.05, 0.1) is 18.2 Å². The third-order valence-corrected chi connectivity index (χ3v) is 3.70. The number of hydrogen-bond acceptors (Lipinski definition) is 3. The van der Waals surface area contributed by atoms with Crippen molar-refractivity contribution >= 4 is 5.91 Å². The van der Waals surface area contributed by atoms with Crippen LogP contribution in [0.25, 0.3) is 0 Å². The van der Waals surface area contributed by atoms with Gasteiger partial charge < -0.3 is 14.8 Å². The van der Waals surface area contributed by atoms with E-state index in [1.54, 1.807) is 24.3 Å². The Hall–Kier alpha value is -2.54. The van der Waals surface area contributed by atoms with Crippen molar-refractivity contribution in [2.75, 3.05) is 20.8 Å². The van der Waals surface area contributed by atoms with Crippen LogP contribution in [0.15, 0.2) is 48.5 Å². The van der Waals surface area contributed by atoms with Crippen molar-refractivity contribution in [3.63, 3.8) is 0 Å². The van der Waals surface area contributed by atoms with Crippen LogP contribution in [0, 0.1) is 0 Å². The molecule has 0 fully saturated rings. The molecule has 0 heterocycles. The van der Waals surface area contributed by atoms with E-state index < -0.39 is 29.3 Å². The molecular weight excluding hydrogens is 335 g/mol. The predicted molar refractivity (Wildman–Crippen MR) is 86.5 cm³/mol. The minimum Gasteiger partial charge on any atom is -0.496 e. The lowest BCUT2D eigenvalue weighted by molar-refractivity contribution is -0.137. The minimum atomic E-state index is -4.60. The van der Waals surface area contributed by atoms with Crippen molar-refractivity contribution in [2.24, 2.45) is 0 Å². The van der Waals surface area contributed by atoms with E-state index in [0.717, 1.165) is 12.1 Å². The summed E-state index contributed by atoms with van der Waals surface area (Å²) in [6.45, 7) is 0.00188. The highest BCUT2D eigenvalue weighted by Crippen LogP contribution is 2.32. The standard InChI is InChI=1S/C18H18F3NO3/c1-24-15-10-6-4-8-13(15)16(25-2)11-22-17(23)12-7-3-5-9-14(12)18(19,20)21/h3-10,16H,11H2,1-2H3,(H,22,23)/t16-/m1/s1. The Balaban J connectivity index is 2.16. The van der Waals surface area contributed by atoms with E-state index in [1.165, 1.54) is 26.4 Å². The maximum absolute atomic E-state index is 13.0. The summed E-state index contributed by atoms with van der Waals surface area (Å²) in [4.78, 5) is 12.2. The average molecular weight is 353 g/mol. The second kappa shape index (κ2) is 8.02. The number of alkyl halides is 3. The largest absolute Gasteiger partial charge is 0.496 e. The normalized spacial score (nSPS) is 12.5. The molecule has 0 saturated carbocycles. The number of para-hydroxylation sites is 1. The van der Waals surface area contributed by atoms with Gasteiger partial charge in [-0.15, -0.1) is 0 Å². The Bertz CT molecular complexity index is 732. The van der Waals surface area contributed by atoms with E-state index in [1.807, 2.05) is 0 Å². The molecule has 1 atom stereocenters. The molecule has 0 aliphatic heterocycles. The zero-order valence-corrected chi connectivity index (χ0v) is 13.8. The summed E-state index contributed by atoms with van der Waals surface area (Å²) in [5.74, 6) is -0.246. The third kappa shape index (κ3) is 4.51. The fraction of sp³-hybridized carbons (Fsp3) is 0.278. The van der Waals surface area contributed by atoms with Crippen molar-refractivity contribution in [2.45, 2.75) is 12.3 Å². The van der Waals surface area contributed by atoms with Crippen molar-refractivity contribution in [1.29, 1.82) is 0 Å². The van der Waals surface area contributed by atoms with Crippen LogP contribution in [0.2, 0.25) is 0 Å². The summed E-state index contributed by atoms with van der Waals surface area (Å²) in [5.41, 5.74) is -0.708. The lowest BCUT2D eigenvalue weighted by Gasteiger charge is -2.19. The Morgan fingerprint density at radius 2 is 1.72 bits per heavy atom. The fourth-order valence-corrected chi connectivity index (χ4v) is 2.46. The molecule has 0 spiro atoms. The number of rotatable bonds is 6. The van der Waals surface area contributed by atoms with Gasteiger partial charge in [-0.2, -0.15) is 13.2 Å². The monoisotopic (exact) mass is 353 g/mol. The molecule has 0 aliphatic carbocycles. The molecule has 0 bridgehead atoms. The van der Waals surface area contributed by atoms with Crippen LogP contribution < -0.4 is 10.1 Å². The topological polar surface area (TPSA) is 47.6 Å². The van der Waals surface area contributed by atoms with Gasteiger partial charge >= 0.3 is 6.18 Å². The van der Waals surface area contributed by atoms with Gasteiger partial charge in [-0.3, -0.25) is 4.79 Å². The number of nitrogens with one attached hydrogen (secondary N) is 1. The molecular formula is C18H18F3NO3. The Labute approximate surface area is 143 Å². The summed E-state index contributed by atoms with van der Waals surface area (Å²) in [7, 11) is 2.95. The molecule has 1 N–H and O–H groups in total. The van der Waals surface area contributed by atoms with E-state index in [2.05, 4.69) is 5.32 Å². The lowest BCUT2D eigenvalue weighted by atomic mass is 10.1. The van der Waals surface area contributed by atoms with E-state index >= 15 is 0 Å². The van der Waals surface area contributed by atoms with Gasteiger partial charge in [0.2, 0.25) is 0 Å². The maximum Gasteiger partial charge on any atom is 0.417 e. The highest BCUT2D eigenvalue weighted by molar-refractivity contribution is 5.95. The van der Waals surface area contributed by atoms with Gasteiger partial charge in [0.25, 0.3) is 5.91 Å². The molecule has 4 nitrogen and oxygen atoms in total. The molecule has 0 radical (unpaired) electrons. The van der Waals surface area contributed by atoms with Crippen molar-refractivity contribution < 1.29 is 27.4 Å². The fourth-order valence-electron chi connectivity index (χ4n) is 2.46. The SMILES string of the molecule is COc1ccccc1[C@@H](CNC(=O)c1ccccc1C(F)(F)F)OC. The van der Waals surface area contributed by atoms with Crippen molar-refractivity contribution in [3.05, 3.63) is 65.2 Å². The third-order valence-electron chi connectivity index (χ3n) is 3.70. The first-order valence-corrected chi connectivity index (χ1v) is 7.48. The van der Waals surface area contributed by atoms with Crippen LogP contribution in [0.1, 0.15) is 27.6 Å². The van der Waals surface area contributed by atoms with Crippen LogP contribution in [-0.2, 0) is 10.9 Å². The predicted octanol–water partition coefficient (Wildman–Crippen LogP) is 3.83. The summed E-state index contributed by atoms with van der Waals surface area (Å²) in [6, 6.07) is 11.7. The van der Waals surface area contributed by atoms with Crippen LogP contribution >= 0.6 is 0 Å². The maximum atomic E-state index is 13.0. The molecule has 134 valence electrons. The molecule has 0 aliphatic rings. The Kier molecular flexibility index (Phi) is 6.03. The first-order chi connectivity index (χ1) is 11.9. The van der Waals surface area contributed by atoms with Crippen LogP contribution in [0.4, 0.5) is 13.2 Å². The van der Waals surface area contributed by atoms with Gasteiger partial charge in [-0.25, -0.2) is 0 Å². The molecule has 2 aromatic rings. The molecule has 0 saturated heterocycles. The molecule has 2 rings (SSSR count). The first-order valence-electron chi connectivity index (χ1n) is 7.48. The average Bonchev–Trinajstić information content (AvgIpc) is 2.61. The number of benzene rings is 2. The zero-order valence-electron chi connectivity index (χ0n) is 13.8. The van der Waals surface area contributed by atoms with E-state index in [4.69, 9.17) is 9.47 Å². The molecule has 2 aromatic carbocycles. The van der Waals surface area contributed by atoms with Gasteiger partial charge in [-0.1, -0.05) is 30.3 Å². The quantitative estimate of drug-likeness (QED) is 0.859. The number of halogens is 3. The number of hydrogen-bond donors (Lipinski definition) is 1. The molecule has 25 heavy (non-hydrogen) atoms. The van der Waals surface area contributed by atoms with Gasteiger partial charge in [0.15, 0.2) is 0 Å². The second-order valence-electron chi connectivity index (χ2n) is 5.22.